The number of carbonyl (C=O) groups excluding carboxylic acids is 2. The fourth-order valence-corrected chi connectivity index (χ4v) is 12.7. The van der Waals surface area contributed by atoms with Gasteiger partial charge in [0.25, 0.3) is 0 Å². The Morgan fingerprint density at radius 3 is 0.826 bits per heavy atom. The molecule has 0 aliphatic heterocycles. The molecule has 0 aliphatic carbocycles. The van der Waals surface area contributed by atoms with Crippen LogP contribution in [0.25, 0.3) is 0 Å². The van der Waals surface area contributed by atoms with Gasteiger partial charge in [-0.15, -0.1) is 0 Å². The number of carbonyl (C=O) groups is 2. The molecule has 2 unspecified atom stereocenters. The summed E-state index contributed by atoms with van der Waals surface area (Å²) >= 11 is 0. The number of amides is 1. The van der Waals surface area contributed by atoms with Crippen LogP contribution in [0.3, 0.4) is 0 Å². The second kappa shape index (κ2) is 75.8. The molecule has 3 N–H and O–H groups in total. The monoisotopic (exact) mass is 1210 g/mol. The van der Waals surface area contributed by atoms with E-state index < -0.39 is 12.1 Å². The van der Waals surface area contributed by atoms with E-state index in [1.54, 1.807) is 6.08 Å². The lowest BCUT2D eigenvalue weighted by Gasteiger charge is -2.20. The Morgan fingerprint density at radius 1 is 0.314 bits per heavy atom. The van der Waals surface area contributed by atoms with Gasteiger partial charge in [0.2, 0.25) is 5.91 Å². The number of allylic oxidation sites excluding steroid dienone is 3. The van der Waals surface area contributed by atoms with Crippen LogP contribution in [0.1, 0.15) is 450 Å². The predicted octanol–water partition coefficient (Wildman–Crippen LogP) is 26.0. The smallest absolute Gasteiger partial charge is 0.305 e. The maximum absolute atomic E-state index is 12.5. The molecule has 2 atom stereocenters. The molecular weight excluding hydrogens is 1050 g/mol. The molecule has 0 radical (unpaired) electrons. The van der Waals surface area contributed by atoms with Crippen molar-refractivity contribution in [2.24, 2.45) is 0 Å². The first-order valence-electron chi connectivity index (χ1n) is 39.6. The minimum Gasteiger partial charge on any atom is -0.466 e. The van der Waals surface area contributed by atoms with Gasteiger partial charge in [0, 0.05) is 12.8 Å². The molecule has 0 saturated carbocycles. The Kier molecular flexibility index (Phi) is 74.3. The van der Waals surface area contributed by atoms with Crippen molar-refractivity contribution in [2.75, 3.05) is 13.2 Å². The molecule has 0 heterocycles. The van der Waals surface area contributed by atoms with E-state index in [-0.39, 0.29) is 18.5 Å². The molecule has 0 aromatic heterocycles. The molecule has 0 spiro atoms. The average Bonchev–Trinajstić information content (AvgIpc) is 3.54. The first-order valence-corrected chi connectivity index (χ1v) is 39.6. The third-order valence-corrected chi connectivity index (χ3v) is 18.7. The summed E-state index contributed by atoms with van der Waals surface area (Å²) in [7, 11) is 0. The van der Waals surface area contributed by atoms with Crippen molar-refractivity contribution in [3.05, 3.63) is 24.3 Å². The van der Waals surface area contributed by atoms with E-state index in [0.717, 1.165) is 38.5 Å². The van der Waals surface area contributed by atoms with Gasteiger partial charge < -0.3 is 20.3 Å². The van der Waals surface area contributed by atoms with Crippen molar-refractivity contribution in [1.82, 2.24) is 5.32 Å². The maximum atomic E-state index is 12.5. The van der Waals surface area contributed by atoms with Crippen LogP contribution in [-0.4, -0.2) is 47.4 Å². The lowest BCUT2D eigenvalue weighted by atomic mass is 10.0. The van der Waals surface area contributed by atoms with Crippen LogP contribution in [0, 0.1) is 0 Å². The summed E-state index contributed by atoms with van der Waals surface area (Å²) in [6.45, 7) is 4.95. The van der Waals surface area contributed by atoms with Crippen LogP contribution in [0.5, 0.6) is 0 Å². The summed E-state index contributed by atoms with van der Waals surface area (Å²) in [4.78, 5) is 24.6. The number of hydrogen-bond donors (Lipinski definition) is 3. The molecule has 0 saturated heterocycles. The van der Waals surface area contributed by atoms with E-state index in [1.165, 1.54) is 385 Å². The van der Waals surface area contributed by atoms with Gasteiger partial charge in [-0.25, -0.2) is 0 Å². The van der Waals surface area contributed by atoms with Crippen molar-refractivity contribution in [1.29, 1.82) is 0 Å². The summed E-state index contributed by atoms with van der Waals surface area (Å²) in [5, 5.41) is 23.2. The van der Waals surface area contributed by atoms with Crippen molar-refractivity contribution in [3.63, 3.8) is 0 Å². The van der Waals surface area contributed by atoms with Gasteiger partial charge in [-0.2, -0.15) is 0 Å². The number of unbranched alkanes of at least 4 members (excludes halogenated alkanes) is 62. The van der Waals surface area contributed by atoms with E-state index >= 15 is 0 Å². The summed E-state index contributed by atoms with van der Waals surface area (Å²) in [6.07, 6.45) is 97.4. The number of esters is 1. The number of hydrogen-bond acceptors (Lipinski definition) is 5. The molecular formula is C80H155NO5. The highest BCUT2D eigenvalue weighted by Gasteiger charge is 2.18. The van der Waals surface area contributed by atoms with E-state index in [2.05, 4.69) is 31.3 Å². The van der Waals surface area contributed by atoms with Crippen molar-refractivity contribution >= 4 is 11.9 Å². The third kappa shape index (κ3) is 71.4. The average molecular weight is 1210 g/mol. The Bertz CT molecular complexity index is 1350. The molecule has 510 valence electrons. The van der Waals surface area contributed by atoms with Crippen LogP contribution >= 0.6 is 0 Å². The maximum Gasteiger partial charge on any atom is 0.305 e. The molecule has 86 heavy (non-hydrogen) atoms. The van der Waals surface area contributed by atoms with Crippen molar-refractivity contribution in [3.8, 4) is 0 Å². The normalized spacial score (nSPS) is 12.6. The molecule has 0 rings (SSSR count). The molecule has 1 amide bonds. The van der Waals surface area contributed by atoms with E-state index in [9.17, 15) is 19.8 Å². The Hall–Kier alpha value is -1.66. The molecule has 6 heteroatoms. The molecule has 0 aromatic rings. The second-order valence-corrected chi connectivity index (χ2v) is 27.4. The van der Waals surface area contributed by atoms with Crippen molar-refractivity contribution in [2.45, 2.75) is 463 Å². The van der Waals surface area contributed by atoms with Crippen LogP contribution in [0.15, 0.2) is 24.3 Å². The second-order valence-electron chi connectivity index (χ2n) is 27.4. The number of aliphatic hydroxyl groups is 2. The highest BCUT2D eigenvalue weighted by molar-refractivity contribution is 5.76. The fourth-order valence-electron chi connectivity index (χ4n) is 12.7. The standard InChI is InChI=1S/C80H155NO5/c1-3-5-7-9-11-13-15-17-19-20-38-42-46-50-54-58-62-66-70-74-80(85)86-75-71-67-63-59-55-51-47-43-40-37-35-33-31-29-27-25-23-21-22-24-26-28-30-32-34-36-39-41-45-49-53-57-61-65-69-73-79(84)81-77(76-82)78(83)72-68-64-60-56-52-48-44-18-16-14-12-10-8-6-4-2/h17,19,68,72,77-78,82-83H,3-16,18,20-67,69-71,73-76H2,1-2H3,(H,81,84)/b19-17-,72-68+. The summed E-state index contributed by atoms with van der Waals surface area (Å²) < 4.78 is 5.52. The van der Waals surface area contributed by atoms with Crippen LogP contribution in [0.2, 0.25) is 0 Å². The Morgan fingerprint density at radius 2 is 0.547 bits per heavy atom. The van der Waals surface area contributed by atoms with Gasteiger partial charge in [0.15, 0.2) is 0 Å². The molecule has 0 aliphatic rings. The van der Waals surface area contributed by atoms with Gasteiger partial charge in [-0.05, 0) is 57.8 Å². The van der Waals surface area contributed by atoms with E-state index in [1.807, 2.05) is 6.08 Å². The SMILES string of the molecule is CCCCCCCC/C=C\CCCCCCCCCCCC(=O)OCCCCCCCCCCCCCCCCCCCCCCCCCCCCCCCCCCCCCC(=O)NC(CO)C(O)/C=C/CCCCCCCCCCCCCCC. The number of rotatable bonds is 75. The van der Waals surface area contributed by atoms with E-state index in [0.29, 0.717) is 19.4 Å². The zero-order valence-electron chi connectivity index (χ0n) is 58.6. The van der Waals surface area contributed by atoms with Gasteiger partial charge in [-0.1, -0.05) is 404 Å². The van der Waals surface area contributed by atoms with Crippen LogP contribution in [0.4, 0.5) is 0 Å². The van der Waals surface area contributed by atoms with Crippen LogP contribution < -0.4 is 5.32 Å². The molecule has 6 nitrogen and oxygen atoms in total. The predicted molar refractivity (Wildman–Crippen MR) is 380 cm³/mol. The topological polar surface area (TPSA) is 95.9 Å². The quantitative estimate of drug-likeness (QED) is 0.0320. The van der Waals surface area contributed by atoms with E-state index in [4.69, 9.17) is 4.74 Å². The minimum atomic E-state index is -0.840. The lowest BCUT2D eigenvalue weighted by molar-refractivity contribution is -0.143. The van der Waals surface area contributed by atoms with Crippen LogP contribution in [-0.2, 0) is 14.3 Å². The van der Waals surface area contributed by atoms with Gasteiger partial charge >= 0.3 is 5.97 Å². The summed E-state index contributed by atoms with van der Waals surface area (Å²) in [5.41, 5.74) is 0. The molecule has 0 bridgehead atoms. The number of ether oxygens (including phenoxy) is 1. The van der Waals surface area contributed by atoms with Gasteiger partial charge in [0.1, 0.15) is 0 Å². The number of aliphatic hydroxyl groups excluding tert-OH is 2. The highest BCUT2D eigenvalue weighted by Crippen LogP contribution is 2.20. The summed E-state index contributed by atoms with van der Waals surface area (Å²) in [6, 6.07) is -0.623. The fraction of sp³-hybridized carbons (Fsp3) is 0.925. The molecule has 0 aromatic carbocycles. The number of nitrogens with one attached hydrogen (secondary N) is 1. The first kappa shape index (κ1) is 84.3. The Labute approximate surface area is 539 Å². The van der Waals surface area contributed by atoms with Gasteiger partial charge in [0.05, 0.1) is 25.4 Å². The lowest BCUT2D eigenvalue weighted by Crippen LogP contribution is -2.45. The Balaban J connectivity index is 3.30. The minimum absolute atomic E-state index is 0.0229. The summed E-state index contributed by atoms with van der Waals surface area (Å²) in [5.74, 6) is -0.0367. The molecule has 0 fully saturated rings. The van der Waals surface area contributed by atoms with Gasteiger partial charge in [-0.3, -0.25) is 9.59 Å². The van der Waals surface area contributed by atoms with Crippen molar-refractivity contribution < 1.29 is 24.5 Å². The zero-order chi connectivity index (χ0) is 62.0. The zero-order valence-corrected chi connectivity index (χ0v) is 58.6. The first-order chi connectivity index (χ1) is 42.5. The highest BCUT2D eigenvalue weighted by atomic mass is 16.5. The third-order valence-electron chi connectivity index (χ3n) is 18.7. The largest absolute Gasteiger partial charge is 0.466 e.